The molecule has 1 aromatic rings. The van der Waals surface area contributed by atoms with Gasteiger partial charge in [0.1, 0.15) is 17.4 Å². The lowest BCUT2D eigenvalue weighted by atomic mass is 9.79. The zero-order valence-corrected chi connectivity index (χ0v) is 11.3. The van der Waals surface area contributed by atoms with Crippen LogP contribution in [-0.2, 0) is 4.79 Å². The lowest BCUT2D eigenvalue weighted by Crippen LogP contribution is -2.58. The topological polar surface area (TPSA) is 64.3 Å². The van der Waals surface area contributed by atoms with Crippen LogP contribution >= 0.6 is 0 Å². The molecular formula is C14H18F2N2O2. The van der Waals surface area contributed by atoms with Crippen LogP contribution in [0.2, 0.25) is 0 Å². The van der Waals surface area contributed by atoms with Gasteiger partial charge in [-0.15, -0.1) is 0 Å². The number of hydrogen-bond acceptors (Lipinski definition) is 3. The van der Waals surface area contributed by atoms with E-state index < -0.39 is 23.1 Å². The molecule has 1 aliphatic rings. The van der Waals surface area contributed by atoms with Crippen LogP contribution in [0, 0.1) is 11.6 Å². The number of nitrogens with one attached hydrogen (secondary N) is 1. The van der Waals surface area contributed by atoms with E-state index in [1.807, 2.05) is 0 Å². The average Bonchev–Trinajstić information content (AvgIpc) is 2.43. The predicted octanol–water partition coefficient (Wildman–Crippen LogP) is 1.73. The average molecular weight is 284 g/mol. The molecule has 3 N–H and O–H groups in total. The molecule has 0 radical (unpaired) electrons. The summed E-state index contributed by atoms with van der Waals surface area (Å²) < 4.78 is 31.6. The van der Waals surface area contributed by atoms with Gasteiger partial charge in [0.2, 0.25) is 5.91 Å². The second-order valence-electron chi connectivity index (χ2n) is 5.11. The number of carbonyl (C=O) groups is 1. The van der Waals surface area contributed by atoms with Gasteiger partial charge >= 0.3 is 0 Å². The fourth-order valence-corrected chi connectivity index (χ4v) is 2.64. The zero-order chi connectivity index (χ0) is 14.8. The molecule has 6 heteroatoms. The molecule has 0 aromatic heterocycles. The van der Waals surface area contributed by atoms with Crippen LogP contribution in [0.1, 0.15) is 25.7 Å². The van der Waals surface area contributed by atoms with Crippen LogP contribution in [-0.4, -0.2) is 24.6 Å². The summed E-state index contributed by atoms with van der Waals surface area (Å²) in [6.07, 6.45) is 2.33. The standard InChI is InChI=1S/C14H18F2N2O2/c1-18-14(13(17)19)6-2-3-10(8-14)20-9-4-5-11(15)12(16)7-9/h4-5,7,10,18H,2-3,6,8H2,1H3,(H2,17,19). The van der Waals surface area contributed by atoms with E-state index in [2.05, 4.69) is 5.32 Å². The Hall–Kier alpha value is -1.69. The van der Waals surface area contributed by atoms with E-state index in [0.717, 1.165) is 25.0 Å². The Bertz CT molecular complexity index is 510. The highest BCUT2D eigenvalue weighted by Gasteiger charge is 2.41. The summed E-state index contributed by atoms with van der Waals surface area (Å²) in [6, 6.07) is 3.40. The van der Waals surface area contributed by atoms with Crippen molar-refractivity contribution in [3.63, 3.8) is 0 Å². The number of carbonyl (C=O) groups excluding carboxylic acids is 1. The Morgan fingerprint density at radius 3 is 2.80 bits per heavy atom. The van der Waals surface area contributed by atoms with Crippen LogP contribution in [0.25, 0.3) is 0 Å². The molecule has 1 aliphatic carbocycles. The van der Waals surface area contributed by atoms with Gasteiger partial charge in [-0.05, 0) is 38.4 Å². The van der Waals surface area contributed by atoms with Crippen molar-refractivity contribution in [2.24, 2.45) is 5.73 Å². The molecule has 1 fully saturated rings. The first-order chi connectivity index (χ1) is 9.47. The van der Waals surface area contributed by atoms with Gasteiger partial charge in [-0.2, -0.15) is 0 Å². The van der Waals surface area contributed by atoms with E-state index >= 15 is 0 Å². The number of primary amides is 1. The van der Waals surface area contributed by atoms with E-state index in [0.29, 0.717) is 12.8 Å². The third-order valence-electron chi connectivity index (χ3n) is 3.85. The van der Waals surface area contributed by atoms with Crippen molar-refractivity contribution in [2.75, 3.05) is 7.05 Å². The van der Waals surface area contributed by atoms with Crippen molar-refractivity contribution >= 4 is 5.91 Å². The molecule has 0 saturated heterocycles. The number of hydrogen-bond donors (Lipinski definition) is 2. The Morgan fingerprint density at radius 1 is 1.45 bits per heavy atom. The molecule has 110 valence electrons. The highest BCUT2D eigenvalue weighted by molar-refractivity contribution is 5.84. The number of likely N-dealkylation sites (N-methyl/N-ethyl adjacent to an activating group) is 1. The maximum atomic E-state index is 13.1. The van der Waals surface area contributed by atoms with Crippen LogP contribution in [0.5, 0.6) is 5.75 Å². The normalized spacial score (nSPS) is 26.2. The molecule has 0 spiro atoms. The third-order valence-corrected chi connectivity index (χ3v) is 3.85. The molecule has 2 atom stereocenters. The summed E-state index contributed by atoms with van der Waals surface area (Å²) in [6.45, 7) is 0. The summed E-state index contributed by atoms with van der Waals surface area (Å²) in [5.74, 6) is -2.03. The Kier molecular flexibility index (Phi) is 4.23. The maximum Gasteiger partial charge on any atom is 0.237 e. The van der Waals surface area contributed by atoms with E-state index in [1.165, 1.54) is 6.07 Å². The van der Waals surface area contributed by atoms with Gasteiger partial charge in [0.25, 0.3) is 0 Å². The molecule has 0 bridgehead atoms. The molecule has 1 amide bonds. The number of benzene rings is 1. The minimum absolute atomic E-state index is 0.255. The molecule has 2 unspecified atom stereocenters. The molecule has 1 saturated carbocycles. The van der Waals surface area contributed by atoms with Crippen molar-refractivity contribution in [1.29, 1.82) is 0 Å². The van der Waals surface area contributed by atoms with Crippen LogP contribution in [0.15, 0.2) is 18.2 Å². The van der Waals surface area contributed by atoms with Crippen molar-refractivity contribution in [1.82, 2.24) is 5.32 Å². The van der Waals surface area contributed by atoms with Crippen molar-refractivity contribution in [3.8, 4) is 5.75 Å². The van der Waals surface area contributed by atoms with Gasteiger partial charge in [0.15, 0.2) is 11.6 Å². The van der Waals surface area contributed by atoms with Gasteiger partial charge in [0.05, 0.1) is 0 Å². The minimum Gasteiger partial charge on any atom is -0.490 e. The van der Waals surface area contributed by atoms with Crippen LogP contribution in [0.4, 0.5) is 8.78 Å². The van der Waals surface area contributed by atoms with Gasteiger partial charge in [-0.1, -0.05) is 0 Å². The third kappa shape index (κ3) is 2.90. The summed E-state index contributed by atoms with van der Waals surface area (Å²) in [5, 5.41) is 2.96. The van der Waals surface area contributed by atoms with E-state index in [4.69, 9.17) is 10.5 Å². The Morgan fingerprint density at radius 2 is 2.20 bits per heavy atom. The number of ether oxygens (including phenoxy) is 1. The number of halogens is 2. The first-order valence-corrected chi connectivity index (χ1v) is 6.57. The molecule has 1 aromatic carbocycles. The SMILES string of the molecule is CNC1(C(N)=O)CCCC(Oc2ccc(F)c(F)c2)C1. The highest BCUT2D eigenvalue weighted by atomic mass is 19.2. The van der Waals surface area contributed by atoms with Crippen LogP contribution < -0.4 is 15.8 Å². The second kappa shape index (κ2) is 5.75. The van der Waals surface area contributed by atoms with Crippen molar-refractivity contribution in [3.05, 3.63) is 29.8 Å². The summed E-state index contributed by atoms with van der Waals surface area (Å²) >= 11 is 0. The number of rotatable bonds is 4. The fraction of sp³-hybridized carbons (Fsp3) is 0.500. The first-order valence-electron chi connectivity index (χ1n) is 6.57. The highest BCUT2D eigenvalue weighted by Crippen LogP contribution is 2.31. The number of amides is 1. The second-order valence-corrected chi connectivity index (χ2v) is 5.11. The van der Waals surface area contributed by atoms with E-state index in [9.17, 15) is 13.6 Å². The van der Waals surface area contributed by atoms with Crippen LogP contribution in [0.3, 0.4) is 0 Å². The van der Waals surface area contributed by atoms with E-state index in [1.54, 1.807) is 7.05 Å². The number of nitrogens with two attached hydrogens (primary N) is 1. The molecular weight excluding hydrogens is 266 g/mol. The predicted molar refractivity (Wildman–Crippen MR) is 70.2 cm³/mol. The lowest BCUT2D eigenvalue weighted by molar-refractivity contribution is -0.126. The summed E-state index contributed by atoms with van der Waals surface area (Å²) in [4.78, 5) is 11.6. The smallest absolute Gasteiger partial charge is 0.237 e. The summed E-state index contributed by atoms with van der Waals surface area (Å²) in [7, 11) is 1.69. The first kappa shape index (κ1) is 14.7. The fourth-order valence-electron chi connectivity index (χ4n) is 2.64. The van der Waals surface area contributed by atoms with Gasteiger partial charge < -0.3 is 15.8 Å². The van der Waals surface area contributed by atoms with Crippen molar-refractivity contribution in [2.45, 2.75) is 37.3 Å². The molecule has 0 heterocycles. The lowest BCUT2D eigenvalue weighted by Gasteiger charge is -2.38. The molecule has 0 aliphatic heterocycles. The van der Waals surface area contributed by atoms with E-state index in [-0.39, 0.29) is 11.9 Å². The van der Waals surface area contributed by atoms with Gasteiger partial charge in [-0.25, -0.2) is 8.78 Å². The van der Waals surface area contributed by atoms with Gasteiger partial charge in [0, 0.05) is 12.5 Å². The molecule has 2 rings (SSSR count). The van der Waals surface area contributed by atoms with Gasteiger partial charge in [-0.3, -0.25) is 4.79 Å². The summed E-state index contributed by atoms with van der Waals surface area (Å²) in [5.41, 5.74) is 4.66. The molecule has 4 nitrogen and oxygen atoms in total. The molecule has 20 heavy (non-hydrogen) atoms. The van der Waals surface area contributed by atoms with Crippen molar-refractivity contribution < 1.29 is 18.3 Å². The monoisotopic (exact) mass is 284 g/mol. The Labute approximate surface area is 116 Å². The maximum absolute atomic E-state index is 13.1. The zero-order valence-electron chi connectivity index (χ0n) is 11.3. The Balaban J connectivity index is 2.09. The largest absolute Gasteiger partial charge is 0.490 e. The minimum atomic E-state index is -0.951. The quantitative estimate of drug-likeness (QED) is 0.885.